The average molecular weight is 266 g/mol. The lowest BCUT2D eigenvalue weighted by molar-refractivity contribution is -0.357. The molecule has 0 aliphatic carbocycles. The smallest absolute Gasteiger partial charge is 0.376 e. The molecule has 0 unspecified atom stereocenters. The summed E-state index contributed by atoms with van der Waals surface area (Å²) in [6.45, 7) is 2.19. The van der Waals surface area contributed by atoms with Crippen molar-refractivity contribution in [1.82, 2.24) is 0 Å². The van der Waals surface area contributed by atoms with Crippen LogP contribution in [0.1, 0.15) is 11.1 Å². The van der Waals surface area contributed by atoms with Gasteiger partial charge in [-0.1, -0.05) is 48.0 Å². The molecule has 0 aliphatic rings. The summed E-state index contributed by atoms with van der Waals surface area (Å²) < 4.78 is 4.98. The quantitative estimate of drug-likeness (QED) is 0.369. The van der Waals surface area contributed by atoms with Crippen LogP contribution in [0.3, 0.4) is 0 Å². The van der Waals surface area contributed by atoms with Gasteiger partial charge in [-0.05, 0) is 24.6 Å². The van der Waals surface area contributed by atoms with E-state index in [2.05, 4.69) is 15.8 Å². The van der Waals surface area contributed by atoms with Crippen molar-refractivity contribution >= 4 is 11.6 Å². The lowest BCUT2D eigenvalue weighted by Crippen LogP contribution is -2.08. The number of nitrogens with zero attached hydrogens (tertiary/aromatic N) is 2. The van der Waals surface area contributed by atoms with Gasteiger partial charge in [-0.15, -0.1) is 0 Å². The maximum atomic E-state index is 11.4. The predicted octanol–water partition coefficient (Wildman–Crippen LogP) is 2.38. The Morgan fingerprint density at radius 2 is 1.85 bits per heavy atom. The number of hydrogen-bond donors (Lipinski definition) is 0. The fourth-order valence-electron chi connectivity index (χ4n) is 1.49. The lowest BCUT2D eigenvalue weighted by atomic mass is 10.2. The number of aryl methyl sites for hydroxylation is 1. The lowest BCUT2D eigenvalue weighted by Gasteiger charge is -2.09. The van der Waals surface area contributed by atoms with Crippen LogP contribution in [-0.2, 0) is 11.3 Å². The maximum Gasteiger partial charge on any atom is 0.376 e. The summed E-state index contributed by atoms with van der Waals surface area (Å²) in [5.74, 6) is 1.58. The molecule has 0 fully saturated rings. The zero-order chi connectivity index (χ0) is 14.2. The first-order valence-electron chi connectivity index (χ1n) is 6.18. The van der Waals surface area contributed by atoms with Gasteiger partial charge >= 0.3 is 5.87 Å². The Kier molecular flexibility index (Phi) is 4.74. The SMILES string of the molecule is Cc1ccc(N=[N+]=C=C([O-])OCc2ccccc2)cc1. The molecule has 4 nitrogen and oxygen atoms in total. The van der Waals surface area contributed by atoms with Gasteiger partial charge < -0.3 is 9.84 Å². The van der Waals surface area contributed by atoms with E-state index in [1.165, 1.54) is 0 Å². The van der Waals surface area contributed by atoms with Crippen molar-refractivity contribution in [3.63, 3.8) is 0 Å². The highest BCUT2D eigenvalue weighted by Crippen LogP contribution is 2.10. The Bertz CT molecular complexity index is 651. The predicted molar refractivity (Wildman–Crippen MR) is 73.3 cm³/mol. The van der Waals surface area contributed by atoms with Gasteiger partial charge in [0.05, 0.1) is 0 Å². The van der Waals surface area contributed by atoms with Crippen molar-refractivity contribution in [2.45, 2.75) is 13.5 Å². The van der Waals surface area contributed by atoms with E-state index in [1.807, 2.05) is 61.5 Å². The summed E-state index contributed by atoms with van der Waals surface area (Å²) >= 11 is 0. The Balaban J connectivity index is 1.98. The van der Waals surface area contributed by atoms with E-state index in [1.54, 1.807) is 0 Å². The fourth-order valence-corrected chi connectivity index (χ4v) is 1.49. The van der Waals surface area contributed by atoms with Crippen LogP contribution in [0.4, 0.5) is 5.69 Å². The zero-order valence-corrected chi connectivity index (χ0v) is 11.1. The highest BCUT2D eigenvalue weighted by Gasteiger charge is 1.93. The summed E-state index contributed by atoms with van der Waals surface area (Å²) in [6, 6.07) is 16.9. The molecule has 0 aromatic heterocycles. The van der Waals surface area contributed by atoms with Crippen molar-refractivity contribution in [3.05, 3.63) is 71.7 Å². The van der Waals surface area contributed by atoms with Gasteiger partial charge in [-0.2, -0.15) is 0 Å². The maximum absolute atomic E-state index is 11.4. The molecule has 4 heteroatoms. The van der Waals surface area contributed by atoms with Crippen molar-refractivity contribution < 1.29 is 14.6 Å². The second-order valence-electron chi connectivity index (χ2n) is 4.21. The molecule has 2 aromatic carbocycles. The number of rotatable bonds is 4. The molecule has 100 valence electrons. The normalized spacial score (nSPS) is 9.25. The van der Waals surface area contributed by atoms with Crippen molar-refractivity contribution in [1.29, 1.82) is 0 Å². The average Bonchev–Trinajstić information content (AvgIpc) is 2.48. The van der Waals surface area contributed by atoms with E-state index >= 15 is 0 Å². The number of benzene rings is 2. The molecule has 0 N–H and O–H groups in total. The molecule has 0 saturated carbocycles. The van der Waals surface area contributed by atoms with Crippen LogP contribution in [0.5, 0.6) is 0 Å². The number of ether oxygens (including phenoxy) is 1. The van der Waals surface area contributed by atoms with Gasteiger partial charge in [0.1, 0.15) is 15.6 Å². The molecular weight excluding hydrogens is 252 g/mol. The van der Waals surface area contributed by atoms with Crippen LogP contribution < -0.4 is 5.11 Å². The minimum absolute atomic E-state index is 0.201. The first-order chi connectivity index (χ1) is 9.74. The molecule has 20 heavy (non-hydrogen) atoms. The van der Waals surface area contributed by atoms with E-state index in [0.717, 1.165) is 11.1 Å². The van der Waals surface area contributed by atoms with Crippen LogP contribution in [0, 0.1) is 6.92 Å². The van der Waals surface area contributed by atoms with Gasteiger partial charge in [0, 0.05) is 6.61 Å². The topological polar surface area (TPSA) is 58.8 Å². The molecule has 0 saturated heterocycles. The largest absolute Gasteiger partial charge is 0.598 e. The van der Waals surface area contributed by atoms with Gasteiger partial charge in [0.15, 0.2) is 5.95 Å². The third-order valence-electron chi connectivity index (χ3n) is 2.55. The molecule has 0 spiro atoms. The third-order valence-corrected chi connectivity index (χ3v) is 2.55. The van der Waals surface area contributed by atoms with Crippen LogP contribution in [0.15, 0.2) is 65.7 Å². The Morgan fingerprint density at radius 3 is 2.55 bits per heavy atom. The molecule has 2 aromatic rings. The first-order valence-corrected chi connectivity index (χ1v) is 6.18. The summed E-state index contributed by atoms with van der Waals surface area (Å²) in [7, 11) is 0. The summed E-state index contributed by atoms with van der Waals surface area (Å²) in [4.78, 5) is 3.58. The van der Waals surface area contributed by atoms with Crippen LogP contribution >= 0.6 is 0 Å². The molecule has 0 atom stereocenters. The third kappa shape index (κ3) is 4.46. The second-order valence-corrected chi connectivity index (χ2v) is 4.21. The van der Waals surface area contributed by atoms with E-state index < -0.39 is 5.95 Å². The zero-order valence-electron chi connectivity index (χ0n) is 11.1. The standard InChI is InChI=1S/C16H14N2O2/c1-13-7-9-15(10-8-13)18-17-11-16(19)20-12-14-5-3-2-4-6-14/h2-10H,12H2,1H3. The molecule has 0 heterocycles. The molecule has 0 amide bonds. The van der Waals surface area contributed by atoms with Gasteiger partial charge in [0.2, 0.25) is 0 Å². The summed E-state index contributed by atoms with van der Waals surface area (Å²) in [5.41, 5.74) is 2.72. The van der Waals surface area contributed by atoms with E-state index in [-0.39, 0.29) is 6.61 Å². The molecule has 0 aliphatic heterocycles. The van der Waals surface area contributed by atoms with Gasteiger partial charge in [-0.25, -0.2) is 0 Å². The fraction of sp³-hybridized carbons (Fsp3) is 0.125. The van der Waals surface area contributed by atoms with Crippen LogP contribution in [0.2, 0.25) is 0 Å². The Morgan fingerprint density at radius 1 is 1.15 bits per heavy atom. The van der Waals surface area contributed by atoms with Crippen LogP contribution in [-0.4, -0.2) is 10.7 Å². The minimum Gasteiger partial charge on any atom is -0.598 e. The second kappa shape index (κ2) is 6.95. The van der Waals surface area contributed by atoms with Crippen LogP contribution in [0.25, 0.3) is 0 Å². The van der Waals surface area contributed by atoms with Crippen molar-refractivity contribution in [2.24, 2.45) is 5.11 Å². The minimum atomic E-state index is -0.635. The first kappa shape index (κ1) is 13.6. The van der Waals surface area contributed by atoms with Gasteiger partial charge in [-0.3, -0.25) is 0 Å². The number of hydrogen-bond acceptors (Lipinski definition) is 3. The molecule has 0 bridgehead atoms. The van der Waals surface area contributed by atoms with E-state index in [4.69, 9.17) is 4.74 Å². The van der Waals surface area contributed by atoms with E-state index in [9.17, 15) is 5.11 Å². The monoisotopic (exact) mass is 266 g/mol. The highest BCUT2D eigenvalue weighted by molar-refractivity contribution is 5.45. The highest BCUT2D eigenvalue weighted by atomic mass is 16.6. The van der Waals surface area contributed by atoms with E-state index in [0.29, 0.717) is 5.69 Å². The van der Waals surface area contributed by atoms with Crippen molar-refractivity contribution in [3.8, 4) is 0 Å². The molecule has 2 rings (SSSR count). The molecule has 0 radical (unpaired) electrons. The Labute approximate surface area is 117 Å². The molecular formula is C16H14N2O2. The summed E-state index contributed by atoms with van der Waals surface area (Å²) in [5, 5.41) is 15.2. The Hall–Kier alpha value is -2.80. The summed E-state index contributed by atoms with van der Waals surface area (Å²) in [6.07, 6.45) is 0. The van der Waals surface area contributed by atoms with Gasteiger partial charge in [0.25, 0.3) is 0 Å². The van der Waals surface area contributed by atoms with Crippen molar-refractivity contribution in [2.75, 3.05) is 0 Å².